The number of nitrogens with two attached hydrogens (primary N) is 1. The van der Waals surface area contributed by atoms with Gasteiger partial charge in [-0.1, -0.05) is 29.4 Å². The molecule has 20 nitrogen and oxygen atoms in total. The van der Waals surface area contributed by atoms with Gasteiger partial charge in [0.25, 0.3) is 5.91 Å². The number of benzene rings is 4. The highest BCUT2D eigenvalue weighted by atomic mass is 16.6. The SMILES string of the molecule is Cc1c2oc3c(C)c(N)ccc3c(-c3cccc(C(=O)NCCOCCOCCC(=O)NCCCC(=O)c4cccc(OCC(N=[N+]=[N-])OCCOCC(=O)O)c4)c3)c-2ccc1=N.O=C=O. The van der Waals surface area contributed by atoms with Gasteiger partial charge in [0.05, 0.1) is 45.0 Å². The van der Waals surface area contributed by atoms with Crippen molar-refractivity contribution >= 4 is 46.4 Å². The number of carboxylic acid groups (broad SMARTS) is 1. The molecule has 0 bridgehead atoms. The van der Waals surface area contributed by atoms with Crippen LogP contribution < -0.4 is 26.5 Å². The minimum atomic E-state index is -1.11. The second-order valence-electron chi connectivity index (χ2n) is 14.3. The molecule has 1 heterocycles. The van der Waals surface area contributed by atoms with Crippen LogP contribution in [0.5, 0.6) is 5.75 Å². The van der Waals surface area contributed by atoms with Crippen molar-refractivity contribution in [2.75, 3.05) is 71.7 Å². The normalized spacial score (nSPS) is 11.1. The summed E-state index contributed by atoms with van der Waals surface area (Å²) in [7, 11) is 0. The van der Waals surface area contributed by atoms with Gasteiger partial charge < -0.3 is 55.0 Å². The van der Waals surface area contributed by atoms with Gasteiger partial charge in [0.2, 0.25) is 5.91 Å². The summed E-state index contributed by atoms with van der Waals surface area (Å²) in [6.45, 7) is 4.68. The third-order valence-corrected chi connectivity index (χ3v) is 9.78. The Kier molecular flexibility index (Phi) is 21.0. The van der Waals surface area contributed by atoms with Crippen molar-refractivity contribution in [1.82, 2.24) is 10.6 Å². The number of anilines is 1. The van der Waals surface area contributed by atoms with E-state index in [0.29, 0.717) is 57.8 Å². The minimum Gasteiger partial charge on any atom is -0.491 e. The lowest BCUT2D eigenvalue weighted by Crippen LogP contribution is -2.28. The molecular formula is C46H51N7O13. The number of Topliss-reactive ketones (excluding diaryl/α,β-unsaturated/α-hetero) is 1. The van der Waals surface area contributed by atoms with Crippen LogP contribution in [0.1, 0.15) is 51.1 Å². The number of carboxylic acids is 1. The third-order valence-electron chi connectivity index (χ3n) is 9.78. The Balaban J connectivity index is 0.00000309. The highest BCUT2D eigenvalue weighted by Crippen LogP contribution is 2.42. The highest BCUT2D eigenvalue weighted by molar-refractivity contribution is 6.05. The fraction of sp³-hybridized carbons (Fsp3) is 0.348. The van der Waals surface area contributed by atoms with Gasteiger partial charge in [0.1, 0.15) is 30.3 Å². The van der Waals surface area contributed by atoms with Gasteiger partial charge >= 0.3 is 12.1 Å². The van der Waals surface area contributed by atoms with E-state index in [1.807, 2.05) is 50.2 Å². The predicted molar refractivity (Wildman–Crippen MR) is 237 cm³/mol. The Morgan fingerprint density at radius 1 is 0.864 bits per heavy atom. The molecule has 3 aromatic carbocycles. The fourth-order valence-corrected chi connectivity index (χ4v) is 6.47. The molecule has 0 saturated carbocycles. The van der Waals surface area contributed by atoms with Gasteiger partial charge in [-0.15, -0.1) is 0 Å². The average Bonchev–Trinajstić information content (AvgIpc) is 3.31. The van der Waals surface area contributed by atoms with E-state index in [1.54, 1.807) is 36.4 Å². The van der Waals surface area contributed by atoms with E-state index in [0.717, 1.165) is 27.6 Å². The maximum absolute atomic E-state index is 13.2. The van der Waals surface area contributed by atoms with E-state index < -0.39 is 18.8 Å². The van der Waals surface area contributed by atoms with Crippen LogP contribution in [0.25, 0.3) is 43.9 Å². The van der Waals surface area contributed by atoms with Crippen molar-refractivity contribution in [3.05, 3.63) is 111 Å². The second kappa shape index (κ2) is 27.0. The number of hydrogen-bond acceptors (Lipinski definition) is 15. The first-order valence-electron chi connectivity index (χ1n) is 20.7. The van der Waals surface area contributed by atoms with Crippen LogP contribution in [0.15, 0.2) is 82.3 Å². The van der Waals surface area contributed by atoms with Gasteiger partial charge in [-0.3, -0.25) is 14.4 Å². The first-order chi connectivity index (χ1) is 31.9. The van der Waals surface area contributed by atoms with E-state index >= 15 is 0 Å². The summed E-state index contributed by atoms with van der Waals surface area (Å²) in [5.74, 6) is -0.768. The zero-order valence-electron chi connectivity index (χ0n) is 36.5. The zero-order chi connectivity index (χ0) is 47.8. The number of nitrogens with one attached hydrogen (secondary N) is 3. The van der Waals surface area contributed by atoms with Crippen LogP contribution in [0.3, 0.4) is 0 Å². The summed E-state index contributed by atoms with van der Waals surface area (Å²) in [6.07, 6.45) is 0.00654. The Labute approximate surface area is 378 Å². The number of carbonyl (C=O) groups excluding carboxylic acids is 5. The maximum Gasteiger partial charge on any atom is 0.373 e. The second-order valence-corrected chi connectivity index (χ2v) is 14.3. The number of aliphatic carboxylic acids is 1. The summed E-state index contributed by atoms with van der Waals surface area (Å²) in [5.41, 5.74) is 21.2. The number of azide groups is 1. The molecule has 1 unspecified atom stereocenters. The summed E-state index contributed by atoms with van der Waals surface area (Å²) < 4.78 is 33.3. The van der Waals surface area contributed by atoms with Crippen molar-refractivity contribution in [3.8, 4) is 28.2 Å². The summed E-state index contributed by atoms with van der Waals surface area (Å²) in [5, 5.41) is 27.3. The number of nitrogen functional groups attached to an aromatic ring is 1. The lowest BCUT2D eigenvalue weighted by Gasteiger charge is -2.19. The summed E-state index contributed by atoms with van der Waals surface area (Å²) in [4.78, 5) is 67.7. The molecule has 6 N–H and O–H groups in total. The summed E-state index contributed by atoms with van der Waals surface area (Å²) in [6, 6.07) is 21.2. The van der Waals surface area contributed by atoms with E-state index in [9.17, 15) is 19.2 Å². The molecule has 0 aromatic heterocycles. The monoisotopic (exact) mass is 909 g/mol. The molecule has 1 atom stereocenters. The molecule has 0 saturated heterocycles. The molecule has 2 aliphatic rings. The van der Waals surface area contributed by atoms with Crippen molar-refractivity contribution in [2.45, 2.75) is 39.3 Å². The molecule has 1 aliphatic carbocycles. The fourth-order valence-electron chi connectivity index (χ4n) is 6.47. The van der Waals surface area contributed by atoms with Gasteiger partial charge in [0.15, 0.2) is 12.0 Å². The van der Waals surface area contributed by atoms with Crippen LogP contribution in [0.4, 0.5) is 5.69 Å². The maximum atomic E-state index is 13.2. The predicted octanol–water partition coefficient (Wildman–Crippen LogP) is 5.37. The molecule has 5 rings (SSSR count). The van der Waals surface area contributed by atoms with Crippen molar-refractivity contribution < 1.29 is 62.0 Å². The Morgan fingerprint density at radius 2 is 1.59 bits per heavy atom. The van der Waals surface area contributed by atoms with E-state index in [2.05, 4.69) is 20.7 Å². The molecule has 348 valence electrons. The number of nitrogens with zero attached hydrogens (tertiary/aromatic N) is 3. The molecule has 0 spiro atoms. The molecule has 1 aliphatic heterocycles. The number of fused-ring (bicyclic) bond motifs is 2. The zero-order valence-corrected chi connectivity index (χ0v) is 36.5. The lowest BCUT2D eigenvalue weighted by molar-refractivity contribution is -0.191. The topological polar surface area (TPSA) is 305 Å². The van der Waals surface area contributed by atoms with E-state index in [4.69, 9.17) is 59.5 Å². The molecule has 20 heteroatoms. The molecule has 0 radical (unpaired) electrons. The Bertz CT molecular complexity index is 2570. The number of ketones is 1. The van der Waals surface area contributed by atoms with Crippen LogP contribution in [-0.4, -0.2) is 107 Å². The number of rotatable bonds is 26. The number of amides is 2. The number of aryl methyl sites for hydroxylation is 1. The van der Waals surface area contributed by atoms with E-state index in [-0.39, 0.29) is 89.4 Å². The summed E-state index contributed by atoms with van der Waals surface area (Å²) >= 11 is 0. The van der Waals surface area contributed by atoms with Crippen molar-refractivity contribution in [2.24, 2.45) is 5.11 Å². The van der Waals surface area contributed by atoms with Gasteiger partial charge in [-0.05, 0) is 79.9 Å². The van der Waals surface area contributed by atoms with Gasteiger partial charge in [-0.25, -0.2) is 4.79 Å². The highest BCUT2D eigenvalue weighted by Gasteiger charge is 2.22. The number of ether oxygens (including phenoxy) is 5. The smallest absolute Gasteiger partial charge is 0.373 e. The molecule has 66 heavy (non-hydrogen) atoms. The largest absolute Gasteiger partial charge is 0.491 e. The van der Waals surface area contributed by atoms with Crippen molar-refractivity contribution in [1.29, 1.82) is 5.41 Å². The van der Waals surface area contributed by atoms with Crippen LogP contribution in [-0.2, 0) is 38.1 Å². The molecular weight excluding hydrogens is 859 g/mol. The number of carbonyl (C=O) groups is 4. The molecule has 0 fully saturated rings. The first kappa shape index (κ1) is 51.2. The van der Waals surface area contributed by atoms with Crippen molar-refractivity contribution in [3.63, 3.8) is 0 Å². The average molecular weight is 910 g/mol. The Morgan fingerprint density at radius 3 is 2.35 bits per heavy atom. The standard InChI is InChI=1S/C45H51N7O11.CO2/c1-28-36(46)13-11-34-42(35-12-14-37(47)29(2)44(35)63-43(28)34)31-7-3-8-32(24-31)45(57)50-17-19-59-21-20-58-18-15-39(54)49-16-5-10-38(53)30-6-4-9-33(25-30)62-26-40(51-52-48)61-23-22-60-27-41(55)56;2-1-3/h3-4,6-9,11-14,24-25,40,46H,5,10,15-23,26-27,47H2,1-2H3,(H,49,54)(H,50,57)(H,55,56);. The molecule has 2 amide bonds. The quantitative estimate of drug-likeness (QED) is 0.00887. The minimum absolute atomic E-state index is 0.0135. The lowest BCUT2D eigenvalue weighted by atomic mass is 9.90. The third kappa shape index (κ3) is 15.7. The van der Waals surface area contributed by atoms with Crippen LogP contribution >= 0.6 is 0 Å². The van der Waals surface area contributed by atoms with Crippen LogP contribution in [0.2, 0.25) is 0 Å². The van der Waals surface area contributed by atoms with Gasteiger partial charge in [0, 0.05) is 75.3 Å². The first-order valence-corrected chi connectivity index (χ1v) is 20.7. The van der Waals surface area contributed by atoms with Gasteiger partial charge in [-0.2, -0.15) is 9.59 Å². The van der Waals surface area contributed by atoms with Crippen LogP contribution in [0, 0.1) is 19.3 Å². The Hall–Kier alpha value is -7.44. The number of hydrogen-bond donors (Lipinski definition) is 5. The van der Waals surface area contributed by atoms with E-state index in [1.165, 1.54) is 0 Å². The molecule has 3 aromatic rings.